The van der Waals surface area contributed by atoms with Crippen LogP contribution in [-0.2, 0) is 20.7 Å². The Morgan fingerprint density at radius 3 is 2.21 bits per heavy atom. The minimum Gasteiger partial charge on any atom is -0.394 e. The van der Waals surface area contributed by atoms with Crippen LogP contribution in [0.3, 0.4) is 0 Å². The number of ether oxygens (including phenoxy) is 1. The summed E-state index contributed by atoms with van der Waals surface area (Å²) < 4.78 is 7.12. The van der Waals surface area contributed by atoms with Gasteiger partial charge in [0.05, 0.1) is 19.4 Å². The van der Waals surface area contributed by atoms with Crippen molar-refractivity contribution in [2.75, 3.05) is 30.3 Å². The maximum absolute atomic E-state index is 11.9. The molecule has 0 spiro atoms. The van der Waals surface area contributed by atoms with Crippen molar-refractivity contribution in [1.29, 1.82) is 0 Å². The van der Waals surface area contributed by atoms with E-state index < -0.39 is 31.1 Å². The van der Waals surface area contributed by atoms with Crippen LogP contribution in [-0.4, -0.2) is 84.7 Å². The Balaban J connectivity index is 0.00000129. The third-order valence-electron chi connectivity index (χ3n) is 6.37. The Labute approximate surface area is 240 Å². The van der Waals surface area contributed by atoms with Crippen LogP contribution in [0.2, 0.25) is 0 Å². The Bertz CT molecular complexity index is 1510. The van der Waals surface area contributed by atoms with Crippen molar-refractivity contribution in [3.8, 4) is 0 Å². The highest BCUT2D eigenvalue weighted by molar-refractivity contribution is 5.85. The molecular weight excluding hydrogens is 544 g/mol. The van der Waals surface area contributed by atoms with Crippen LogP contribution in [0.4, 0.5) is 22.9 Å². The van der Waals surface area contributed by atoms with E-state index in [4.69, 9.17) is 15.3 Å². The van der Waals surface area contributed by atoms with Gasteiger partial charge in [-0.3, -0.25) is 9.36 Å². The maximum atomic E-state index is 11.9. The zero-order valence-corrected chi connectivity index (χ0v) is 22.6. The molecule has 14 nitrogen and oxygen atoms in total. The highest BCUT2D eigenvalue weighted by Gasteiger charge is 2.44. The summed E-state index contributed by atoms with van der Waals surface area (Å²) in [5.41, 5.74) is 9.70. The van der Waals surface area contributed by atoms with Crippen molar-refractivity contribution in [3.63, 3.8) is 0 Å². The first kappa shape index (κ1) is 30.3. The van der Waals surface area contributed by atoms with Gasteiger partial charge in [0.25, 0.3) is 0 Å². The monoisotopic (exact) mass is 576 g/mol. The molecule has 4 atom stereocenters. The molecule has 42 heavy (non-hydrogen) atoms. The molecule has 220 valence electrons. The number of anilines is 4. The second-order valence-electron chi connectivity index (χ2n) is 9.26. The standard InChI is InChI=1S/C26H30N8O5.C2H2O/c27-9-10-28-20(36)11-15-1-3-16(4-2-15)32-17-5-7-18(8-6-17)33-24-21-25(30-13-29-24)34(14-31-21)26-23(38)22(37)19(12-35)39-26;1-2-3/h1-8,13-14,19,22-23,26,32,35,37-38H,9-12,27H2,(H,28,36)(H,29,30,33);1H2/t19-,22-,23-,26-;/m1./s1. The lowest BCUT2D eigenvalue weighted by Gasteiger charge is -2.16. The summed E-state index contributed by atoms with van der Waals surface area (Å²) in [6.45, 7) is 3.13. The number of hydrogen-bond donors (Lipinski definition) is 7. The van der Waals surface area contributed by atoms with Gasteiger partial charge in [-0.1, -0.05) is 12.1 Å². The van der Waals surface area contributed by atoms with Crippen molar-refractivity contribution in [1.82, 2.24) is 24.8 Å². The van der Waals surface area contributed by atoms with Gasteiger partial charge in [0.15, 0.2) is 23.2 Å². The van der Waals surface area contributed by atoms with E-state index >= 15 is 0 Å². The van der Waals surface area contributed by atoms with E-state index in [0.717, 1.165) is 22.6 Å². The fraction of sp³-hybridized carbons (Fsp3) is 0.286. The molecule has 0 aliphatic carbocycles. The zero-order chi connectivity index (χ0) is 30.1. The number of nitrogens with two attached hydrogens (primary N) is 1. The van der Waals surface area contributed by atoms with Gasteiger partial charge in [-0.05, 0) is 48.5 Å². The van der Waals surface area contributed by atoms with Crippen molar-refractivity contribution in [2.24, 2.45) is 5.73 Å². The topological polar surface area (TPSA) is 210 Å². The predicted octanol–water partition coefficient (Wildman–Crippen LogP) is 0.546. The van der Waals surface area contributed by atoms with Gasteiger partial charge >= 0.3 is 0 Å². The van der Waals surface area contributed by atoms with E-state index in [-0.39, 0.29) is 5.91 Å². The number of aromatic nitrogens is 4. The SMILES string of the molecule is C=C=O.NCCNC(=O)Cc1ccc(Nc2ccc(Nc3ncnc4c3ncn4[C@@H]3O[C@H](CO)[C@@H](O)[C@H]3O)cc2)cc1. The maximum Gasteiger partial charge on any atom is 0.224 e. The van der Waals surface area contributed by atoms with E-state index in [1.807, 2.05) is 48.5 Å². The van der Waals surface area contributed by atoms with Gasteiger partial charge in [-0.15, -0.1) is 0 Å². The van der Waals surface area contributed by atoms with Crippen molar-refractivity contribution in [2.45, 2.75) is 31.0 Å². The summed E-state index contributed by atoms with van der Waals surface area (Å²) in [5, 5.41) is 39.2. The van der Waals surface area contributed by atoms with Crippen LogP contribution in [0.15, 0.2) is 67.8 Å². The summed E-state index contributed by atoms with van der Waals surface area (Å²) in [7, 11) is 0. The number of aliphatic hydroxyl groups is 3. The molecule has 0 bridgehead atoms. The minimum atomic E-state index is -1.25. The van der Waals surface area contributed by atoms with Crippen molar-refractivity contribution >= 4 is 45.9 Å². The molecule has 5 rings (SSSR count). The number of imidazole rings is 1. The quantitative estimate of drug-likeness (QED) is 0.129. The molecule has 0 radical (unpaired) electrons. The summed E-state index contributed by atoms with van der Waals surface area (Å²) in [6, 6.07) is 15.2. The first-order valence-electron chi connectivity index (χ1n) is 13.0. The predicted molar refractivity (Wildman–Crippen MR) is 155 cm³/mol. The highest BCUT2D eigenvalue weighted by atomic mass is 16.6. The molecule has 8 N–H and O–H groups in total. The third kappa shape index (κ3) is 7.14. The Morgan fingerprint density at radius 2 is 1.62 bits per heavy atom. The lowest BCUT2D eigenvalue weighted by molar-refractivity contribution is -0.120. The molecule has 0 saturated carbocycles. The lowest BCUT2D eigenvalue weighted by Crippen LogP contribution is -2.33. The smallest absolute Gasteiger partial charge is 0.224 e. The number of hydrogen-bond acceptors (Lipinski definition) is 12. The second kappa shape index (κ2) is 14.3. The molecule has 3 heterocycles. The van der Waals surface area contributed by atoms with Crippen LogP contribution >= 0.6 is 0 Å². The highest BCUT2D eigenvalue weighted by Crippen LogP contribution is 2.32. The van der Waals surface area contributed by atoms with E-state index in [0.29, 0.717) is 36.5 Å². The van der Waals surface area contributed by atoms with Crippen LogP contribution < -0.4 is 21.7 Å². The van der Waals surface area contributed by atoms with E-state index in [2.05, 4.69) is 37.5 Å². The van der Waals surface area contributed by atoms with Gasteiger partial charge in [0.2, 0.25) is 5.91 Å². The molecule has 4 aromatic rings. The molecule has 14 heteroatoms. The average molecular weight is 577 g/mol. The Hall–Kier alpha value is -4.69. The summed E-state index contributed by atoms with van der Waals surface area (Å²) in [5.74, 6) is 1.65. The van der Waals surface area contributed by atoms with Gasteiger partial charge in [-0.25, -0.2) is 19.7 Å². The number of nitrogens with zero attached hydrogens (tertiary/aromatic N) is 4. The van der Waals surface area contributed by atoms with Gasteiger partial charge in [-0.2, -0.15) is 0 Å². The van der Waals surface area contributed by atoms with E-state index in [9.17, 15) is 20.1 Å². The molecule has 0 unspecified atom stereocenters. The third-order valence-corrected chi connectivity index (χ3v) is 6.37. The molecule has 1 fully saturated rings. The normalized spacial score (nSPS) is 19.4. The molecule has 2 aromatic carbocycles. The number of rotatable bonds is 10. The number of carbonyl (C=O) groups is 1. The molecule has 2 aromatic heterocycles. The van der Waals surface area contributed by atoms with E-state index in [1.165, 1.54) is 23.2 Å². The number of nitrogens with one attached hydrogen (secondary N) is 3. The number of carbonyl (C=O) groups excluding carboxylic acids is 2. The van der Waals surface area contributed by atoms with Gasteiger partial charge in [0, 0.05) is 30.2 Å². The molecule has 1 saturated heterocycles. The van der Waals surface area contributed by atoms with Gasteiger partial charge in [0.1, 0.15) is 30.6 Å². The average Bonchev–Trinajstić information content (AvgIpc) is 3.55. The Morgan fingerprint density at radius 1 is 1.00 bits per heavy atom. The zero-order valence-electron chi connectivity index (χ0n) is 22.6. The first-order chi connectivity index (χ1) is 20.4. The number of benzene rings is 2. The number of fused-ring (bicyclic) bond motifs is 1. The minimum absolute atomic E-state index is 0.0597. The van der Waals surface area contributed by atoms with Crippen LogP contribution in [0.25, 0.3) is 11.2 Å². The Kier molecular flexibility index (Phi) is 10.3. The van der Waals surface area contributed by atoms with Crippen molar-refractivity contribution in [3.05, 3.63) is 73.3 Å². The molecule has 1 amide bonds. The summed E-state index contributed by atoms with van der Waals surface area (Å²) in [4.78, 5) is 33.4. The number of amides is 1. The molecular formula is C28H32N8O6. The largest absolute Gasteiger partial charge is 0.394 e. The fourth-order valence-electron chi connectivity index (χ4n) is 4.35. The van der Waals surface area contributed by atoms with Crippen LogP contribution in [0.5, 0.6) is 0 Å². The molecule has 1 aliphatic heterocycles. The fourth-order valence-corrected chi connectivity index (χ4v) is 4.35. The summed E-state index contributed by atoms with van der Waals surface area (Å²) >= 11 is 0. The summed E-state index contributed by atoms with van der Waals surface area (Å²) in [6.07, 6.45) is -1.20. The second-order valence-corrected chi connectivity index (χ2v) is 9.26. The van der Waals surface area contributed by atoms with E-state index in [1.54, 1.807) is 0 Å². The molecule has 1 aliphatic rings. The van der Waals surface area contributed by atoms with Crippen LogP contribution in [0.1, 0.15) is 11.8 Å². The number of aliphatic hydroxyl groups excluding tert-OH is 3. The van der Waals surface area contributed by atoms with Crippen LogP contribution in [0, 0.1) is 0 Å². The first-order valence-corrected chi connectivity index (χ1v) is 13.0. The lowest BCUT2D eigenvalue weighted by atomic mass is 10.1. The van der Waals surface area contributed by atoms with Crippen molar-refractivity contribution < 1.29 is 29.6 Å². The van der Waals surface area contributed by atoms with Gasteiger partial charge < -0.3 is 41.7 Å².